The van der Waals surface area contributed by atoms with Gasteiger partial charge in [-0.05, 0) is 42.7 Å². The van der Waals surface area contributed by atoms with Crippen LogP contribution in [0, 0.1) is 13.8 Å². The van der Waals surface area contributed by atoms with Gasteiger partial charge < -0.3 is 5.32 Å². The van der Waals surface area contributed by atoms with Crippen molar-refractivity contribution in [3.63, 3.8) is 0 Å². The smallest absolute Gasteiger partial charge is 0.255 e. The molecule has 3 aromatic carbocycles. The Balaban J connectivity index is 1.58. The second-order valence-electron chi connectivity index (χ2n) is 7.45. The van der Waals surface area contributed by atoms with Crippen LogP contribution < -0.4 is 5.32 Å². The third-order valence-corrected chi connectivity index (χ3v) is 5.42. The Kier molecular flexibility index (Phi) is 5.17. The van der Waals surface area contributed by atoms with Gasteiger partial charge in [0.2, 0.25) is 0 Å². The van der Waals surface area contributed by atoms with Crippen LogP contribution in [0.1, 0.15) is 45.8 Å². The molecule has 1 amide bonds. The standard InChI is InChI=1S/C25H25N3O/c1-17(22-15-9-13-21-12-7-8-14-23(21)22)26-25(29)24-18(2)27-28(19(24)3)16-20-10-5-4-6-11-20/h4-15,17H,16H2,1-3H3,(H,26,29)/t17-/m0/s1. The molecule has 0 aliphatic carbocycles. The molecule has 4 heteroatoms. The summed E-state index contributed by atoms with van der Waals surface area (Å²) < 4.78 is 1.90. The Morgan fingerprint density at radius 2 is 1.66 bits per heavy atom. The maximum Gasteiger partial charge on any atom is 0.255 e. The molecule has 0 unspecified atom stereocenters. The van der Waals surface area contributed by atoms with Gasteiger partial charge in [-0.2, -0.15) is 5.10 Å². The van der Waals surface area contributed by atoms with E-state index in [2.05, 4.69) is 46.8 Å². The van der Waals surface area contributed by atoms with Crippen molar-refractivity contribution in [2.24, 2.45) is 0 Å². The summed E-state index contributed by atoms with van der Waals surface area (Å²) in [6.45, 7) is 6.53. The maximum absolute atomic E-state index is 13.1. The third-order valence-electron chi connectivity index (χ3n) is 5.42. The van der Waals surface area contributed by atoms with E-state index < -0.39 is 0 Å². The molecule has 0 radical (unpaired) electrons. The molecule has 1 aromatic heterocycles. The molecule has 4 rings (SSSR count). The quantitative estimate of drug-likeness (QED) is 0.515. The monoisotopic (exact) mass is 383 g/mol. The van der Waals surface area contributed by atoms with Crippen LogP contribution in [0.5, 0.6) is 0 Å². The average Bonchev–Trinajstić information content (AvgIpc) is 3.01. The molecular formula is C25H25N3O. The van der Waals surface area contributed by atoms with Gasteiger partial charge in [0.25, 0.3) is 5.91 Å². The Hall–Kier alpha value is -3.40. The number of nitrogens with zero attached hydrogens (tertiary/aromatic N) is 2. The average molecular weight is 383 g/mol. The van der Waals surface area contributed by atoms with Crippen LogP contribution >= 0.6 is 0 Å². The van der Waals surface area contributed by atoms with Crippen LogP contribution in [0.4, 0.5) is 0 Å². The molecule has 0 bridgehead atoms. The first-order chi connectivity index (χ1) is 14.0. The number of benzene rings is 3. The number of nitrogens with one attached hydrogen (secondary N) is 1. The molecule has 1 N–H and O–H groups in total. The predicted octanol–water partition coefficient (Wildman–Crippen LogP) is 5.19. The fraction of sp³-hybridized carbons (Fsp3) is 0.200. The highest BCUT2D eigenvalue weighted by Gasteiger charge is 2.21. The minimum atomic E-state index is -0.107. The molecule has 0 saturated carbocycles. The van der Waals surface area contributed by atoms with Gasteiger partial charge in [0, 0.05) is 5.69 Å². The van der Waals surface area contributed by atoms with Gasteiger partial charge in [-0.3, -0.25) is 9.48 Å². The van der Waals surface area contributed by atoms with E-state index in [0.29, 0.717) is 12.1 Å². The lowest BCUT2D eigenvalue weighted by Gasteiger charge is -2.17. The van der Waals surface area contributed by atoms with E-state index >= 15 is 0 Å². The fourth-order valence-corrected chi connectivity index (χ4v) is 3.91. The van der Waals surface area contributed by atoms with Crippen molar-refractivity contribution < 1.29 is 4.79 Å². The summed E-state index contributed by atoms with van der Waals surface area (Å²) in [4.78, 5) is 13.1. The molecule has 1 heterocycles. The summed E-state index contributed by atoms with van der Waals surface area (Å²) in [5.74, 6) is -0.0836. The molecule has 1 atom stereocenters. The summed E-state index contributed by atoms with van der Waals surface area (Å²) >= 11 is 0. The summed E-state index contributed by atoms with van der Waals surface area (Å²) in [6, 6.07) is 24.5. The van der Waals surface area contributed by atoms with Crippen LogP contribution in [0.2, 0.25) is 0 Å². The van der Waals surface area contributed by atoms with Gasteiger partial charge in [0.05, 0.1) is 23.8 Å². The molecule has 4 nitrogen and oxygen atoms in total. The van der Waals surface area contributed by atoms with E-state index in [1.807, 2.05) is 61.9 Å². The number of aromatic nitrogens is 2. The van der Waals surface area contributed by atoms with Crippen molar-refractivity contribution in [2.75, 3.05) is 0 Å². The van der Waals surface area contributed by atoms with E-state index in [0.717, 1.165) is 27.9 Å². The van der Waals surface area contributed by atoms with Crippen LogP contribution in [-0.4, -0.2) is 15.7 Å². The zero-order valence-corrected chi connectivity index (χ0v) is 17.0. The topological polar surface area (TPSA) is 46.9 Å². The molecule has 0 spiro atoms. The number of aryl methyl sites for hydroxylation is 1. The third kappa shape index (κ3) is 3.79. The second kappa shape index (κ2) is 7.92. The maximum atomic E-state index is 13.1. The summed E-state index contributed by atoms with van der Waals surface area (Å²) in [6.07, 6.45) is 0. The van der Waals surface area contributed by atoms with Gasteiger partial charge >= 0.3 is 0 Å². The summed E-state index contributed by atoms with van der Waals surface area (Å²) in [5, 5.41) is 10.1. The van der Waals surface area contributed by atoms with Crippen molar-refractivity contribution in [2.45, 2.75) is 33.4 Å². The SMILES string of the molecule is Cc1nn(Cc2ccccc2)c(C)c1C(=O)N[C@@H](C)c1cccc2ccccc12. The number of carbonyl (C=O) groups excluding carboxylic acids is 1. The van der Waals surface area contributed by atoms with E-state index in [-0.39, 0.29) is 11.9 Å². The molecule has 29 heavy (non-hydrogen) atoms. The lowest BCUT2D eigenvalue weighted by atomic mass is 9.99. The highest BCUT2D eigenvalue weighted by Crippen LogP contribution is 2.25. The number of fused-ring (bicyclic) bond motifs is 1. The van der Waals surface area contributed by atoms with Gasteiger partial charge in [-0.15, -0.1) is 0 Å². The minimum absolute atomic E-state index is 0.0836. The molecule has 0 aliphatic rings. The molecule has 0 saturated heterocycles. The minimum Gasteiger partial charge on any atom is -0.345 e. The normalized spacial score (nSPS) is 12.1. The lowest BCUT2D eigenvalue weighted by molar-refractivity contribution is 0.0939. The Morgan fingerprint density at radius 1 is 0.966 bits per heavy atom. The lowest BCUT2D eigenvalue weighted by Crippen LogP contribution is -2.27. The van der Waals surface area contributed by atoms with E-state index in [1.54, 1.807) is 0 Å². The van der Waals surface area contributed by atoms with Crippen LogP contribution in [0.25, 0.3) is 10.8 Å². The number of rotatable bonds is 5. The van der Waals surface area contributed by atoms with E-state index in [9.17, 15) is 4.79 Å². The summed E-state index contributed by atoms with van der Waals surface area (Å²) in [7, 11) is 0. The van der Waals surface area contributed by atoms with Gasteiger partial charge in [-0.25, -0.2) is 0 Å². The van der Waals surface area contributed by atoms with E-state index in [4.69, 9.17) is 0 Å². The number of amides is 1. The fourth-order valence-electron chi connectivity index (χ4n) is 3.91. The Morgan fingerprint density at radius 3 is 2.45 bits per heavy atom. The molecular weight excluding hydrogens is 358 g/mol. The first-order valence-electron chi connectivity index (χ1n) is 9.91. The van der Waals surface area contributed by atoms with Crippen LogP contribution in [0.15, 0.2) is 72.8 Å². The largest absolute Gasteiger partial charge is 0.345 e. The predicted molar refractivity (Wildman–Crippen MR) is 117 cm³/mol. The molecule has 0 fully saturated rings. The first kappa shape index (κ1) is 18.9. The molecule has 146 valence electrons. The van der Waals surface area contributed by atoms with Crippen LogP contribution in [-0.2, 0) is 6.54 Å². The second-order valence-corrected chi connectivity index (χ2v) is 7.45. The summed E-state index contributed by atoms with van der Waals surface area (Å²) in [5.41, 5.74) is 4.57. The van der Waals surface area contributed by atoms with Gasteiger partial charge in [0.1, 0.15) is 0 Å². The van der Waals surface area contributed by atoms with Crippen molar-refractivity contribution in [3.8, 4) is 0 Å². The van der Waals surface area contributed by atoms with Crippen molar-refractivity contribution in [3.05, 3.63) is 101 Å². The Labute approximate surface area is 171 Å². The number of hydrogen-bond donors (Lipinski definition) is 1. The molecule has 4 aromatic rings. The highest BCUT2D eigenvalue weighted by atomic mass is 16.1. The van der Waals surface area contributed by atoms with Gasteiger partial charge in [0.15, 0.2) is 0 Å². The van der Waals surface area contributed by atoms with Crippen molar-refractivity contribution in [1.82, 2.24) is 15.1 Å². The van der Waals surface area contributed by atoms with Gasteiger partial charge in [-0.1, -0.05) is 72.8 Å². The van der Waals surface area contributed by atoms with E-state index in [1.165, 1.54) is 5.39 Å². The Bertz CT molecular complexity index is 1160. The first-order valence-corrected chi connectivity index (χ1v) is 9.91. The highest BCUT2D eigenvalue weighted by molar-refractivity contribution is 5.97. The van der Waals surface area contributed by atoms with Crippen molar-refractivity contribution >= 4 is 16.7 Å². The zero-order valence-electron chi connectivity index (χ0n) is 17.0. The number of carbonyl (C=O) groups is 1. The number of hydrogen-bond acceptors (Lipinski definition) is 2. The zero-order chi connectivity index (χ0) is 20.4. The van der Waals surface area contributed by atoms with Crippen molar-refractivity contribution in [1.29, 1.82) is 0 Å². The van der Waals surface area contributed by atoms with Crippen LogP contribution in [0.3, 0.4) is 0 Å². The molecule has 0 aliphatic heterocycles.